The van der Waals surface area contributed by atoms with Crippen LogP contribution in [0.3, 0.4) is 0 Å². The first kappa shape index (κ1) is 16.1. The normalized spacial score (nSPS) is 16.8. The number of imidazole rings is 1. The lowest BCUT2D eigenvalue weighted by Crippen LogP contribution is -2.44. The average molecular weight is 354 g/mol. The van der Waals surface area contributed by atoms with Crippen LogP contribution in [-0.2, 0) is 13.0 Å². The van der Waals surface area contributed by atoms with Crippen LogP contribution in [-0.4, -0.2) is 33.6 Å². The van der Waals surface area contributed by atoms with Crippen LogP contribution >= 0.6 is 11.3 Å². The molecule has 0 spiro atoms. The van der Waals surface area contributed by atoms with Crippen molar-refractivity contribution in [2.75, 3.05) is 13.1 Å². The van der Waals surface area contributed by atoms with Crippen LogP contribution in [0.5, 0.6) is 0 Å². The van der Waals surface area contributed by atoms with Crippen LogP contribution in [0.2, 0.25) is 0 Å². The molecule has 0 aliphatic carbocycles. The summed E-state index contributed by atoms with van der Waals surface area (Å²) in [6, 6.07) is 10.5. The van der Waals surface area contributed by atoms with Crippen molar-refractivity contribution in [3.63, 3.8) is 0 Å². The van der Waals surface area contributed by atoms with Crippen LogP contribution in [0.4, 0.5) is 4.79 Å². The summed E-state index contributed by atoms with van der Waals surface area (Å²) in [6.45, 7) is 4.44. The maximum Gasteiger partial charge on any atom is 0.317 e. The Hall–Kier alpha value is -2.34. The van der Waals surface area contributed by atoms with Crippen molar-refractivity contribution in [2.24, 2.45) is 0 Å². The van der Waals surface area contributed by atoms with Crippen LogP contribution in [0, 0.1) is 0 Å². The Balaban J connectivity index is 1.30. The van der Waals surface area contributed by atoms with E-state index in [2.05, 4.69) is 39.3 Å². The van der Waals surface area contributed by atoms with E-state index in [-0.39, 0.29) is 12.1 Å². The van der Waals surface area contributed by atoms with Crippen LogP contribution in [0.1, 0.15) is 29.8 Å². The third-order valence-electron chi connectivity index (χ3n) is 4.92. The third kappa shape index (κ3) is 3.14. The number of amides is 2. The predicted octanol–water partition coefficient (Wildman–Crippen LogP) is 3.82. The van der Waals surface area contributed by atoms with E-state index in [1.165, 1.54) is 10.4 Å². The number of carbonyl (C=O) groups is 1. The molecule has 3 aromatic rings. The minimum absolute atomic E-state index is 0.0415. The van der Waals surface area contributed by atoms with Gasteiger partial charge in [0.25, 0.3) is 0 Å². The monoisotopic (exact) mass is 354 g/mol. The molecule has 130 valence electrons. The molecule has 1 atom stereocenters. The second-order valence-electron chi connectivity index (χ2n) is 6.43. The fourth-order valence-corrected chi connectivity index (χ4v) is 4.48. The van der Waals surface area contributed by atoms with Crippen molar-refractivity contribution in [3.05, 3.63) is 52.5 Å². The van der Waals surface area contributed by atoms with Crippen molar-refractivity contribution in [3.8, 4) is 0 Å². The maximum absolute atomic E-state index is 12.5. The summed E-state index contributed by atoms with van der Waals surface area (Å²) >= 11 is 1.80. The van der Waals surface area contributed by atoms with Crippen molar-refractivity contribution < 1.29 is 4.79 Å². The smallest absolute Gasteiger partial charge is 0.317 e. The van der Waals surface area contributed by atoms with Gasteiger partial charge < -0.3 is 14.8 Å². The third-order valence-corrected chi connectivity index (χ3v) is 5.91. The summed E-state index contributed by atoms with van der Waals surface area (Å²) in [6.07, 6.45) is 3.72. The van der Waals surface area contributed by atoms with Crippen LogP contribution in [0.15, 0.2) is 42.0 Å². The number of benzene rings is 1. The van der Waals surface area contributed by atoms with Crippen molar-refractivity contribution in [1.82, 2.24) is 19.8 Å². The van der Waals surface area contributed by atoms with Gasteiger partial charge in [-0.3, -0.25) is 0 Å². The zero-order valence-corrected chi connectivity index (χ0v) is 15.1. The highest BCUT2D eigenvalue weighted by Gasteiger charge is 2.27. The second kappa shape index (κ2) is 6.88. The summed E-state index contributed by atoms with van der Waals surface area (Å²) < 4.78 is 2.14. The number of aromatic nitrogens is 2. The summed E-state index contributed by atoms with van der Waals surface area (Å²) in [7, 11) is 0. The highest BCUT2D eigenvalue weighted by atomic mass is 32.1. The lowest BCUT2D eigenvalue weighted by molar-refractivity contribution is 0.175. The van der Waals surface area contributed by atoms with E-state index < -0.39 is 0 Å². The molecule has 1 aliphatic heterocycles. The topological polar surface area (TPSA) is 50.2 Å². The maximum atomic E-state index is 12.5. The minimum Gasteiger partial charge on any atom is -0.338 e. The van der Waals surface area contributed by atoms with Gasteiger partial charge in [0.15, 0.2) is 0 Å². The van der Waals surface area contributed by atoms with E-state index in [1.807, 2.05) is 29.4 Å². The molecular formula is C19H22N4OS. The van der Waals surface area contributed by atoms with Crippen LogP contribution < -0.4 is 5.32 Å². The fourth-order valence-electron chi connectivity index (χ4n) is 3.52. The van der Waals surface area contributed by atoms with Crippen molar-refractivity contribution >= 4 is 28.4 Å². The summed E-state index contributed by atoms with van der Waals surface area (Å²) in [5.74, 6) is 0. The Morgan fingerprint density at radius 2 is 2.24 bits per heavy atom. The summed E-state index contributed by atoms with van der Waals surface area (Å²) in [5.41, 5.74) is 3.46. The molecule has 0 bridgehead atoms. The molecular weight excluding hydrogens is 332 g/mol. The van der Waals surface area contributed by atoms with E-state index in [0.717, 1.165) is 37.0 Å². The first-order chi connectivity index (χ1) is 12.2. The molecule has 4 rings (SSSR count). The number of thiophene rings is 1. The number of carbonyl (C=O) groups excluding carboxylic acids is 1. The quantitative estimate of drug-likeness (QED) is 0.724. The lowest BCUT2D eigenvalue weighted by atomic mass is 10.0. The standard InChI is InChI=1S/C19H22N4OS/c1-14-15-8-12-25-18(15)7-11-23(14)19(24)20-9-4-10-22-13-21-16-5-2-3-6-17(16)22/h2-3,5-6,8,12-14H,4,7,9-11H2,1H3,(H,20,24)/t14-/m0/s1. The first-order valence-electron chi connectivity index (χ1n) is 8.74. The summed E-state index contributed by atoms with van der Waals surface area (Å²) in [4.78, 5) is 20.3. The van der Waals surface area contributed by atoms with Gasteiger partial charge >= 0.3 is 6.03 Å². The number of para-hydroxylation sites is 2. The largest absolute Gasteiger partial charge is 0.338 e. The highest BCUT2D eigenvalue weighted by Crippen LogP contribution is 2.32. The van der Waals surface area contributed by atoms with E-state index >= 15 is 0 Å². The van der Waals surface area contributed by atoms with Crippen molar-refractivity contribution in [1.29, 1.82) is 0 Å². The molecule has 3 heterocycles. The molecule has 0 fully saturated rings. The zero-order chi connectivity index (χ0) is 17.2. The molecule has 25 heavy (non-hydrogen) atoms. The highest BCUT2D eigenvalue weighted by molar-refractivity contribution is 7.10. The number of hydrogen-bond donors (Lipinski definition) is 1. The minimum atomic E-state index is 0.0415. The molecule has 6 heteroatoms. The number of aryl methyl sites for hydroxylation is 1. The Morgan fingerprint density at radius 1 is 1.36 bits per heavy atom. The average Bonchev–Trinajstić information content (AvgIpc) is 3.26. The number of nitrogens with zero attached hydrogens (tertiary/aromatic N) is 3. The number of fused-ring (bicyclic) bond motifs is 2. The van der Waals surface area contributed by atoms with E-state index in [0.29, 0.717) is 6.54 Å². The molecule has 2 amide bonds. The number of hydrogen-bond acceptors (Lipinski definition) is 3. The van der Waals surface area contributed by atoms with Gasteiger partial charge in [-0.2, -0.15) is 0 Å². The molecule has 0 saturated heterocycles. The molecule has 2 aromatic heterocycles. The van der Waals surface area contributed by atoms with Crippen LogP contribution in [0.25, 0.3) is 11.0 Å². The number of urea groups is 1. The second-order valence-corrected chi connectivity index (χ2v) is 7.43. The summed E-state index contributed by atoms with van der Waals surface area (Å²) in [5, 5.41) is 5.20. The lowest BCUT2D eigenvalue weighted by Gasteiger charge is -2.33. The van der Waals surface area contributed by atoms with E-state index in [9.17, 15) is 4.79 Å². The van der Waals surface area contributed by atoms with Gasteiger partial charge in [0.1, 0.15) is 0 Å². The van der Waals surface area contributed by atoms with E-state index in [1.54, 1.807) is 11.3 Å². The number of rotatable bonds is 4. The fraction of sp³-hybridized carbons (Fsp3) is 0.368. The molecule has 1 aliphatic rings. The number of nitrogens with one attached hydrogen (secondary N) is 1. The zero-order valence-electron chi connectivity index (χ0n) is 14.3. The van der Waals surface area contributed by atoms with Crippen molar-refractivity contribution in [2.45, 2.75) is 32.4 Å². The first-order valence-corrected chi connectivity index (χ1v) is 9.62. The van der Waals surface area contributed by atoms with Gasteiger partial charge in [-0.1, -0.05) is 12.1 Å². The Bertz CT molecular complexity index is 884. The van der Waals surface area contributed by atoms with Gasteiger partial charge in [-0.15, -0.1) is 11.3 Å². The van der Waals surface area contributed by atoms with Gasteiger partial charge in [0.05, 0.1) is 23.4 Å². The predicted molar refractivity (Wildman–Crippen MR) is 101 cm³/mol. The molecule has 5 nitrogen and oxygen atoms in total. The molecule has 0 radical (unpaired) electrons. The molecule has 1 N–H and O–H groups in total. The van der Waals surface area contributed by atoms with Gasteiger partial charge in [-0.25, -0.2) is 9.78 Å². The molecule has 0 unspecified atom stereocenters. The van der Waals surface area contributed by atoms with Gasteiger partial charge in [0, 0.05) is 24.5 Å². The SMILES string of the molecule is C[C@H]1c2ccsc2CCN1C(=O)NCCCn1cnc2ccccc21. The van der Waals surface area contributed by atoms with Gasteiger partial charge in [-0.05, 0) is 48.9 Å². The Labute approximate surface area is 151 Å². The molecule has 0 saturated carbocycles. The molecule has 1 aromatic carbocycles. The Kier molecular flexibility index (Phi) is 4.44. The van der Waals surface area contributed by atoms with E-state index in [4.69, 9.17) is 0 Å². The Morgan fingerprint density at radius 3 is 3.16 bits per heavy atom. The van der Waals surface area contributed by atoms with Gasteiger partial charge in [0.2, 0.25) is 0 Å².